The summed E-state index contributed by atoms with van der Waals surface area (Å²) in [6.07, 6.45) is 3.23. The highest BCUT2D eigenvalue weighted by atomic mass is 35.5. The first-order chi connectivity index (χ1) is 7.67. The summed E-state index contributed by atoms with van der Waals surface area (Å²) in [6.45, 7) is 3.15. The highest BCUT2D eigenvalue weighted by molar-refractivity contribution is 6.31. The molecular formula is C13H19ClFN. The van der Waals surface area contributed by atoms with Crippen molar-refractivity contribution < 1.29 is 4.39 Å². The Balaban J connectivity index is 2.68. The van der Waals surface area contributed by atoms with E-state index in [0.29, 0.717) is 10.9 Å². The third kappa shape index (κ3) is 4.11. The number of hydrogen-bond donors (Lipinski definition) is 1. The summed E-state index contributed by atoms with van der Waals surface area (Å²) in [6, 6.07) is 4.65. The summed E-state index contributed by atoms with van der Waals surface area (Å²) in [4.78, 5) is 0. The number of halogens is 2. The lowest BCUT2D eigenvalue weighted by Gasteiger charge is -2.16. The van der Waals surface area contributed by atoms with E-state index in [4.69, 9.17) is 11.6 Å². The predicted octanol–water partition coefficient (Wildman–Crippen LogP) is 3.66. The van der Waals surface area contributed by atoms with Gasteiger partial charge in [-0.15, -0.1) is 0 Å². The maximum absolute atomic E-state index is 12.9. The molecule has 0 amide bonds. The average Bonchev–Trinajstić information content (AvgIpc) is 2.23. The molecular weight excluding hydrogens is 225 g/mol. The molecule has 0 aliphatic rings. The molecule has 0 radical (unpaired) electrons. The van der Waals surface area contributed by atoms with E-state index in [0.717, 1.165) is 31.4 Å². The van der Waals surface area contributed by atoms with Gasteiger partial charge in [0.2, 0.25) is 0 Å². The lowest BCUT2D eigenvalue weighted by Crippen LogP contribution is -2.20. The number of hydrogen-bond acceptors (Lipinski definition) is 1. The van der Waals surface area contributed by atoms with Crippen molar-refractivity contribution in [2.45, 2.75) is 26.2 Å². The van der Waals surface area contributed by atoms with Crippen molar-refractivity contribution in [2.75, 3.05) is 13.6 Å². The molecule has 0 aromatic heterocycles. The monoisotopic (exact) mass is 243 g/mol. The summed E-state index contributed by atoms with van der Waals surface area (Å²) in [5.74, 6) is 0.298. The van der Waals surface area contributed by atoms with Crippen LogP contribution in [0.4, 0.5) is 4.39 Å². The maximum Gasteiger partial charge on any atom is 0.124 e. The molecule has 1 unspecified atom stereocenters. The summed E-state index contributed by atoms with van der Waals surface area (Å²) in [5, 5.41) is 3.73. The number of benzene rings is 1. The van der Waals surface area contributed by atoms with Crippen LogP contribution in [-0.4, -0.2) is 13.6 Å². The minimum absolute atomic E-state index is 0.269. The Kier molecular flexibility index (Phi) is 5.78. The van der Waals surface area contributed by atoms with Crippen molar-refractivity contribution in [1.29, 1.82) is 0 Å². The van der Waals surface area contributed by atoms with E-state index in [1.54, 1.807) is 6.07 Å². The maximum atomic E-state index is 12.9. The molecule has 1 aromatic rings. The van der Waals surface area contributed by atoms with Gasteiger partial charge in [-0.2, -0.15) is 0 Å². The zero-order valence-corrected chi connectivity index (χ0v) is 10.6. The van der Waals surface area contributed by atoms with Crippen LogP contribution in [0.15, 0.2) is 18.2 Å². The van der Waals surface area contributed by atoms with Gasteiger partial charge in [0.05, 0.1) is 0 Å². The second-order valence-corrected chi connectivity index (χ2v) is 4.56. The third-order valence-electron chi connectivity index (χ3n) is 2.71. The van der Waals surface area contributed by atoms with Crippen LogP contribution in [0.5, 0.6) is 0 Å². The van der Waals surface area contributed by atoms with Crippen molar-refractivity contribution in [3.05, 3.63) is 34.6 Å². The first-order valence-corrected chi connectivity index (χ1v) is 6.13. The van der Waals surface area contributed by atoms with Gasteiger partial charge < -0.3 is 5.32 Å². The quantitative estimate of drug-likeness (QED) is 0.804. The van der Waals surface area contributed by atoms with E-state index >= 15 is 0 Å². The molecule has 3 heteroatoms. The molecule has 1 rings (SSSR count). The van der Waals surface area contributed by atoms with Crippen LogP contribution in [-0.2, 0) is 6.42 Å². The van der Waals surface area contributed by atoms with Gasteiger partial charge in [0.1, 0.15) is 5.82 Å². The summed E-state index contributed by atoms with van der Waals surface area (Å²) < 4.78 is 12.9. The van der Waals surface area contributed by atoms with Crippen molar-refractivity contribution in [2.24, 2.45) is 5.92 Å². The van der Waals surface area contributed by atoms with Crippen molar-refractivity contribution in [1.82, 2.24) is 5.32 Å². The van der Waals surface area contributed by atoms with Crippen LogP contribution >= 0.6 is 11.6 Å². The second kappa shape index (κ2) is 6.87. The van der Waals surface area contributed by atoms with Crippen LogP contribution < -0.4 is 5.32 Å². The van der Waals surface area contributed by atoms with Crippen LogP contribution in [0.1, 0.15) is 25.3 Å². The van der Waals surface area contributed by atoms with E-state index in [2.05, 4.69) is 12.2 Å². The molecule has 0 aliphatic heterocycles. The standard InChI is InChI=1S/C13H19ClFN/c1-3-4-10(9-16-2)7-11-5-6-12(15)8-13(11)14/h5-6,8,10,16H,3-4,7,9H2,1-2H3. The Hall–Kier alpha value is -0.600. The van der Waals surface area contributed by atoms with Crippen LogP contribution in [0.2, 0.25) is 5.02 Å². The molecule has 1 aromatic carbocycles. The Morgan fingerprint density at radius 1 is 1.44 bits per heavy atom. The smallest absolute Gasteiger partial charge is 0.124 e. The fourth-order valence-electron chi connectivity index (χ4n) is 1.97. The topological polar surface area (TPSA) is 12.0 Å². The van der Waals surface area contributed by atoms with Gasteiger partial charge in [0, 0.05) is 5.02 Å². The Morgan fingerprint density at radius 3 is 2.75 bits per heavy atom. The molecule has 0 heterocycles. The first kappa shape index (κ1) is 13.5. The SMILES string of the molecule is CCCC(CNC)Cc1ccc(F)cc1Cl. The van der Waals surface area contributed by atoms with Crippen LogP contribution in [0.25, 0.3) is 0 Å². The van der Waals surface area contributed by atoms with Gasteiger partial charge in [-0.25, -0.2) is 4.39 Å². The molecule has 0 bridgehead atoms. The van der Waals surface area contributed by atoms with E-state index in [1.807, 2.05) is 7.05 Å². The molecule has 0 spiro atoms. The minimum Gasteiger partial charge on any atom is -0.319 e. The predicted molar refractivity (Wildman–Crippen MR) is 67.4 cm³/mol. The van der Waals surface area contributed by atoms with Crippen molar-refractivity contribution in [3.8, 4) is 0 Å². The van der Waals surface area contributed by atoms with Gasteiger partial charge in [-0.3, -0.25) is 0 Å². The lowest BCUT2D eigenvalue weighted by molar-refractivity contribution is 0.455. The molecule has 1 nitrogen and oxygen atoms in total. The summed E-state index contributed by atoms with van der Waals surface area (Å²) >= 11 is 6.01. The molecule has 0 aliphatic carbocycles. The summed E-state index contributed by atoms with van der Waals surface area (Å²) in [5.41, 5.74) is 1.04. The van der Waals surface area contributed by atoms with Crippen molar-refractivity contribution in [3.63, 3.8) is 0 Å². The first-order valence-electron chi connectivity index (χ1n) is 5.75. The van der Waals surface area contributed by atoms with E-state index < -0.39 is 0 Å². The summed E-state index contributed by atoms with van der Waals surface area (Å²) in [7, 11) is 1.95. The molecule has 0 saturated carbocycles. The van der Waals surface area contributed by atoms with Crippen LogP contribution in [0, 0.1) is 11.7 Å². The second-order valence-electron chi connectivity index (χ2n) is 4.15. The fraction of sp³-hybridized carbons (Fsp3) is 0.538. The van der Waals surface area contributed by atoms with E-state index in [-0.39, 0.29) is 5.82 Å². The molecule has 0 fully saturated rings. The van der Waals surface area contributed by atoms with Gasteiger partial charge in [-0.1, -0.05) is 31.0 Å². The zero-order chi connectivity index (χ0) is 12.0. The van der Waals surface area contributed by atoms with Gasteiger partial charge in [-0.05, 0) is 50.0 Å². The third-order valence-corrected chi connectivity index (χ3v) is 3.07. The number of rotatable bonds is 6. The minimum atomic E-state index is -0.269. The highest BCUT2D eigenvalue weighted by Gasteiger charge is 2.10. The fourth-order valence-corrected chi connectivity index (χ4v) is 2.22. The number of nitrogens with one attached hydrogen (secondary N) is 1. The normalized spacial score (nSPS) is 12.8. The molecule has 90 valence electrons. The molecule has 1 N–H and O–H groups in total. The van der Waals surface area contributed by atoms with Gasteiger partial charge >= 0.3 is 0 Å². The molecule has 16 heavy (non-hydrogen) atoms. The largest absolute Gasteiger partial charge is 0.319 e. The molecule has 1 atom stereocenters. The lowest BCUT2D eigenvalue weighted by atomic mass is 9.95. The molecule has 0 saturated heterocycles. The Morgan fingerprint density at radius 2 is 2.19 bits per heavy atom. The van der Waals surface area contributed by atoms with Crippen LogP contribution in [0.3, 0.4) is 0 Å². The average molecular weight is 244 g/mol. The van der Waals surface area contributed by atoms with Gasteiger partial charge in [0.15, 0.2) is 0 Å². The van der Waals surface area contributed by atoms with Gasteiger partial charge in [0.25, 0.3) is 0 Å². The highest BCUT2D eigenvalue weighted by Crippen LogP contribution is 2.22. The zero-order valence-electron chi connectivity index (χ0n) is 9.89. The Bertz CT molecular complexity index is 322. The van der Waals surface area contributed by atoms with E-state index in [9.17, 15) is 4.39 Å². The Labute approximate surface area is 102 Å². The van der Waals surface area contributed by atoms with E-state index in [1.165, 1.54) is 12.1 Å². The van der Waals surface area contributed by atoms with Crippen molar-refractivity contribution >= 4 is 11.6 Å².